The molecule has 160 valence electrons. The molecule has 0 amide bonds. The Morgan fingerprint density at radius 1 is 0.733 bits per heavy atom. The highest BCUT2D eigenvalue weighted by Gasteiger charge is 2.27. The predicted molar refractivity (Wildman–Crippen MR) is 116 cm³/mol. The van der Waals surface area contributed by atoms with E-state index in [2.05, 4.69) is 15.0 Å². The van der Waals surface area contributed by atoms with Gasteiger partial charge in [-0.15, -0.1) is 0 Å². The van der Waals surface area contributed by atoms with Crippen molar-refractivity contribution in [3.05, 3.63) is 58.7 Å². The largest absolute Gasteiger partial charge is 0.584 e. The van der Waals surface area contributed by atoms with Crippen molar-refractivity contribution in [3.63, 3.8) is 0 Å². The Morgan fingerprint density at radius 2 is 1.07 bits per heavy atom. The van der Waals surface area contributed by atoms with E-state index in [-0.39, 0.29) is 17.8 Å². The molecule has 0 aliphatic carbocycles. The van der Waals surface area contributed by atoms with Gasteiger partial charge in [-0.2, -0.15) is 15.0 Å². The van der Waals surface area contributed by atoms with Crippen molar-refractivity contribution in [2.75, 3.05) is 17.2 Å². The highest BCUT2D eigenvalue weighted by atomic mass is 31.2. The Labute approximate surface area is 174 Å². The number of hydrogen-bond donors (Lipinski definition) is 4. The molecule has 0 saturated heterocycles. The SMILES string of the molecule is Cc1cccc(OP(=O)(O)Oc2cccc(C)c2C)c1C.Nc1nc(N)nc(N)n1. The van der Waals surface area contributed by atoms with Gasteiger partial charge >= 0.3 is 7.82 Å². The molecule has 0 aliphatic heterocycles. The van der Waals surface area contributed by atoms with Crippen molar-refractivity contribution in [1.29, 1.82) is 0 Å². The summed E-state index contributed by atoms with van der Waals surface area (Å²) in [4.78, 5) is 20.4. The molecule has 0 bridgehead atoms. The van der Waals surface area contributed by atoms with Crippen molar-refractivity contribution < 1.29 is 18.5 Å². The van der Waals surface area contributed by atoms with E-state index < -0.39 is 7.82 Å². The molecular formula is C19H25N6O4P. The molecule has 7 N–H and O–H groups in total. The van der Waals surface area contributed by atoms with E-state index in [1.807, 2.05) is 39.8 Å². The lowest BCUT2D eigenvalue weighted by Gasteiger charge is -2.17. The first-order valence-electron chi connectivity index (χ1n) is 8.85. The Bertz CT molecular complexity index is 985. The van der Waals surface area contributed by atoms with E-state index in [1.54, 1.807) is 24.3 Å². The van der Waals surface area contributed by atoms with Gasteiger partial charge in [-0.25, -0.2) is 4.57 Å². The summed E-state index contributed by atoms with van der Waals surface area (Å²) in [6.07, 6.45) is 0. The van der Waals surface area contributed by atoms with Crippen LogP contribution < -0.4 is 26.2 Å². The molecule has 3 aromatic rings. The average Bonchev–Trinajstić information content (AvgIpc) is 2.62. The average molecular weight is 432 g/mol. The smallest absolute Gasteiger partial charge is 0.395 e. The minimum Gasteiger partial charge on any atom is -0.395 e. The summed E-state index contributed by atoms with van der Waals surface area (Å²) in [6.45, 7) is 7.50. The zero-order chi connectivity index (χ0) is 22.5. The normalized spacial score (nSPS) is 10.7. The molecule has 0 radical (unpaired) electrons. The molecule has 2 aromatic carbocycles. The van der Waals surface area contributed by atoms with E-state index in [4.69, 9.17) is 26.2 Å². The highest BCUT2D eigenvalue weighted by Crippen LogP contribution is 2.46. The summed E-state index contributed by atoms with van der Waals surface area (Å²) in [6, 6.07) is 10.7. The minimum atomic E-state index is -4.23. The third kappa shape index (κ3) is 6.33. The molecule has 0 unspecified atom stereocenters. The van der Waals surface area contributed by atoms with E-state index in [0.29, 0.717) is 11.5 Å². The number of rotatable bonds is 4. The molecule has 3 rings (SSSR count). The standard InChI is InChI=1S/C16H19O4P.C3H6N6/c1-11-7-5-9-15(13(11)3)19-21(17,18)20-16-10-6-8-12(2)14(16)4;4-1-7-2(5)9-3(6)8-1/h5-10H,1-4H3,(H,17,18);(H6,4,5,6,7,8,9). The van der Waals surface area contributed by atoms with Gasteiger partial charge in [0.15, 0.2) is 0 Å². The van der Waals surface area contributed by atoms with Crippen LogP contribution in [0.25, 0.3) is 0 Å². The van der Waals surface area contributed by atoms with E-state index in [0.717, 1.165) is 22.3 Å². The van der Waals surface area contributed by atoms with Gasteiger partial charge in [0.25, 0.3) is 0 Å². The number of phosphoric ester groups is 1. The van der Waals surface area contributed by atoms with E-state index >= 15 is 0 Å². The van der Waals surface area contributed by atoms with Crippen LogP contribution in [0.3, 0.4) is 0 Å². The topological polar surface area (TPSA) is 172 Å². The second-order valence-corrected chi connectivity index (χ2v) is 7.76. The summed E-state index contributed by atoms with van der Waals surface area (Å²) in [5.41, 5.74) is 19.0. The fourth-order valence-corrected chi connectivity index (χ4v) is 3.27. The fourth-order valence-electron chi connectivity index (χ4n) is 2.34. The van der Waals surface area contributed by atoms with Crippen LogP contribution >= 0.6 is 7.82 Å². The van der Waals surface area contributed by atoms with Gasteiger partial charge in [0.1, 0.15) is 11.5 Å². The number of benzene rings is 2. The predicted octanol–water partition coefficient (Wildman–Crippen LogP) is 3.10. The molecule has 0 fully saturated rings. The van der Waals surface area contributed by atoms with Gasteiger partial charge < -0.3 is 26.2 Å². The van der Waals surface area contributed by atoms with Crippen molar-refractivity contribution in [2.45, 2.75) is 27.7 Å². The van der Waals surface area contributed by atoms with Crippen LogP contribution in [0.4, 0.5) is 17.8 Å². The molecule has 10 nitrogen and oxygen atoms in total. The maximum absolute atomic E-state index is 12.2. The fraction of sp³-hybridized carbons (Fsp3) is 0.211. The van der Waals surface area contributed by atoms with Crippen LogP contribution in [0, 0.1) is 27.7 Å². The van der Waals surface area contributed by atoms with Crippen molar-refractivity contribution >= 4 is 25.7 Å². The molecule has 1 aromatic heterocycles. The zero-order valence-electron chi connectivity index (χ0n) is 17.2. The van der Waals surface area contributed by atoms with Gasteiger partial charge in [-0.3, -0.25) is 4.89 Å². The van der Waals surface area contributed by atoms with Gasteiger partial charge in [0.05, 0.1) is 0 Å². The summed E-state index contributed by atoms with van der Waals surface area (Å²) in [7, 11) is -4.23. The molecule has 0 saturated carbocycles. The van der Waals surface area contributed by atoms with Crippen LogP contribution in [0.2, 0.25) is 0 Å². The first-order valence-corrected chi connectivity index (χ1v) is 10.3. The number of anilines is 3. The first-order chi connectivity index (χ1) is 14.0. The monoisotopic (exact) mass is 432 g/mol. The van der Waals surface area contributed by atoms with Crippen LogP contribution in [-0.2, 0) is 4.57 Å². The third-order valence-corrected chi connectivity index (χ3v) is 5.08. The van der Waals surface area contributed by atoms with Gasteiger partial charge in [-0.05, 0) is 62.1 Å². The second-order valence-electron chi connectivity index (χ2n) is 6.46. The minimum absolute atomic E-state index is 0.0417. The second kappa shape index (κ2) is 9.43. The summed E-state index contributed by atoms with van der Waals surface area (Å²) in [5, 5.41) is 0. The first kappa shape index (κ1) is 22.9. The van der Waals surface area contributed by atoms with Crippen molar-refractivity contribution in [2.24, 2.45) is 0 Å². The molecule has 0 aliphatic rings. The van der Waals surface area contributed by atoms with Gasteiger partial charge in [-0.1, -0.05) is 24.3 Å². The van der Waals surface area contributed by atoms with Gasteiger partial charge in [0.2, 0.25) is 17.8 Å². The van der Waals surface area contributed by atoms with Crippen molar-refractivity contribution in [3.8, 4) is 11.5 Å². The summed E-state index contributed by atoms with van der Waals surface area (Å²) < 4.78 is 22.6. The molecular weight excluding hydrogens is 407 g/mol. The maximum atomic E-state index is 12.2. The van der Waals surface area contributed by atoms with Crippen molar-refractivity contribution in [1.82, 2.24) is 15.0 Å². The lowest BCUT2D eigenvalue weighted by atomic mass is 10.1. The number of nitrogens with two attached hydrogens (primary N) is 3. The highest BCUT2D eigenvalue weighted by molar-refractivity contribution is 7.48. The van der Waals surface area contributed by atoms with Crippen LogP contribution in [0.5, 0.6) is 11.5 Å². The Balaban J connectivity index is 0.000000297. The maximum Gasteiger partial charge on any atom is 0.584 e. The summed E-state index contributed by atoms with van der Waals surface area (Å²) in [5.74, 6) is 0.831. The summed E-state index contributed by atoms with van der Waals surface area (Å²) >= 11 is 0. The third-order valence-electron chi connectivity index (χ3n) is 4.22. The van der Waals surface area contributed by atoms with Crippen LogP contribution in [0.15, 0.2) is 36.4 Å². The Hall–Kier alpha value is -3.36. The van der Waals surface area contributed by atoms with Crippen LogP contribution in [0.1, 0.15) is 22.3 Å². The lowest BCUT2D eigenvalue weighted by molar-refractivity contribution is 0.289. The number of nitrogen functional groups attached to an aromatic ring is 3. The lowest BCUT2D eigenvalue weighted by Crippen LogP contribution is -2.05. The zero-order valence-corrected chi connectivity index (χ0v) is 18.1. The van der Waals surface area contributed by atoms with Crippen LogP contribution in [-0.4, -0.2) is 19.8 Å². The Kier molecular flexibility index (Phi) is 7.20. The number of hydrogen-bond acceptors (Lipinski definition) is 9. The number of aromatic nitrogens is 3. The van der Waals surface area contributed by atoms with E-state index in [1.165, 1.54) is 0 Å². The molecule has 0 atom stereocenters. The number of nitrogens with zero attached hydrogens (tertiary/aromatic N) is 3. The molecule has 0 spiro atoms. The van der Waals surface area contributed by atoms with E-state index in [9.17, 15) is 9.46 Å². The van der Waals surface area contributed by atoms with Gasteiger partial charge in [0, 0.05) is 0 Å². The molecule has 30 heavy (non-hydrogen) atoms. The molecule has 11 heteroatoms. The quantitative estimate of drug-likeness (QED) is 0.449. The number of aryl methyl sites for hydroxylation is 2. The molecule has 1 heterocycles. The number of phosphoric acid groups is 1. The Morgan fingerprint density at radius 3 is 1.40 bits per heavy atom.